The molecule has 0 unspecified atom stereocenters. The molecular weight excluding hydrogens is 258 g/mol. The van der Waals surface area contributed by atoms with Crippen LogP contribution in [0.1, 0.15) is 22.7 Å². The van der Waals surface area contributed by atoms with Crippen LogP contribution in [0, 0.1) is 20.8 Å². The second kappa shape index (κ2) is 4.59. The van der Waals surface area contributed by atoms with Crippen molar-refractivity contribution < 1.29 is 9.05 Å². The van der Waals surface area contributed by atoms with Crippen LogP contribution in [0.4, 0.5) is 5.82 Å². The predicted octanol–water partition coefficient (Wildman–Crippen LogP) is 2.17. The van der Waals surface area contributed by atoms with Crippen LogP contribution in [0.5, 0.6) is 0 Å². The lowest BCUT2D eigenvalue weighted by Gasteiger charge is -2.18. The van der Waals surface area contributed by atoms with Gasteiger partial charge in [0.05, 0.1) is 11.4 Å². The SMILES string of the molecule is Cc1noc(C)c1CN(C)c1ncnc2onc(C)c12. The highest BCUT2D eigenvalue weighted by molar-refractivity contribution is 5.87. The molecule has 0 aliphatic rings. The first-order chi connectivity index (χ1) is 9.58. The van der Waals surface area contributed by atoms with E-state index in [-0.39, 0.29) is 0 Å². The normalized spacial score (nSPS) is 11.2. The molecule has 0 atom stereocenters. The van der Waals surface area contributed by atoms with E-state index in [1.165, 1.54) is 6.33 Å². The summed E-state index contributed by atoms with van der Waals surface area (Å²) in [6.07, 6.45) is 1.48. The topological polar surface area (TPSA) is 81.1 Å². The van der Waals surface area contributed by atoms with Crippen molar-refractivity contribution in [2.24, 2.45) is 0 Å². The highest BCUT2D eigenvalue weighted by Crippen LogP contribution is 2.26. The zero-order valence-corrected chi connectivity index (χ0v) is 11.8. The van der Waals surface area contributed by atoms with Crippen molar-refractivity contribution in [1.29, 1.82) is 0 Å². The van der Waals surface area contributed by atoms with Gasteiger partial charge in [-0.1, -0.05) is 10.3 Å². The molecule has 104 valence electrons. The van der Waals surface area contributed by atoms with Crippen LogP contribution < -0.4 is 4.90 Å². The molecule has 0 N–H and O–H groups in total. The zero-order chi connectivity index (χ0) is 14.3. The molecule has 20 heavy (non-hydrogen) atoms. The minimum atomic E-state index is 0.498. The Morgan fingerprint density at radius 3 is 2.50 bits per heavy atom. The van der Waals surface area contributed by atoms with Gasteiger partial charge in [0.2, 0.25) is 0 Å². The first kappa shape index (κ1) is 12.6. The molecule has 0 aliphatic heterocycles. The van der Waals surface area contributed by atoms with E-state index in [1.54, 1.807) is 0 Å². The summed E-state index contributed by atoms with van der Waals surface area (Å²) in [6, 6.07) is 0. The van der Waals surface area contributed by atoms with Gasteiger partial charge in [0.1, 0.15) is 23.3 Å². The summed E-state index contributed by atoms with van der Waals surface area (Å²) in [5.41, 5.74) is 3.23. The summed E-state index contributed by atoms with van der Waals surface area (Å²) in [4.78, 5) is 10.4. The fourth-order valence-corrected chi connectivity index (χ4v) is 2.23. The van der Waals surface area contributed by atoms with Gasteiger partial charge < -0.3 is 13.9 Å². The molecule has 3 rings (SSSR count). The maximum atomic E-state index is 5.19. The lowest BCUT2D eigenvalue weighted by atomic mass is 10.2. The molecule has 0 spiro atoms. The number of rotatable bonds is 3. The fourth-order valence-electron chi connectivity index (χ4n) is 2.23. The second-order valence-corrected chi connectivity index (χ2v) is 4.80. The minimum Gasteiger partial charge on any atom is -0.361 e. The van der Waals surface area contributed by atoms with Crippen LogP contribution in [0.2, 0.25) is 0 Å². The van der Waals surface area contributed by atoms with E-state index in [0.29, 0.717) is 12.3 Å². The Hall–Kier alpha value is -2.44. The average Bonchev–Trinajstić information content (AvgIpc) is 2.96. The van der Waals surface area contributed by atoms with Crippen LogP contribution in [-0.2, 0) is 6.54 Å². The van der Waals surface area contributed by atoms with Crippen molar-refractivity contribution >= 4 is 16.9 Å². The second-order valence-electron chi connectivity index (χ2n) is 4.80. The highest BCUT2D eigenvalue weighted by Gasteiger charge is 2.18. The first-order valence-corrected chi connectivity index (χ1v) is 6.27. The maximum absolute atomic E-state index is 5.19. The summed E-state index contributed by atoms with van der Waals surface area (Å²) in [6.45, 7) is 6.36. The van der Waals surface area contributed by atoms with Gasteiger partial charge in [0.25, 0.3) is 5.71 Å². The molecule has 3 aromatic rings. The number of fused-ring (bicyclic) bond motifs is 1. The number of aryl methyl sites for hydroxylation is 3. The Morgan fingerprint density at radius 2 is 1.80 bits per heavy atom. The summed E-state index contributed by atoms with van der Waals surface area (Å²) < 4.78 is 10.4. The van der Waals surface area contributed by atoms with Crippen LogP contribution in [-0.4, -0.2) is 27.3 Å². The summed E-state index contributed by atoms with van der Waals surface area (Å²) >= 11 is 0. The van der Waals surface area contributed by atoms with Crippen molar-refractivity contribution in [1.82, 2.24) is 20.3 Å². The van der Waals surface area contributed by atoms with Gasteiger partial charge in [0.15, 0.2) is 0 Å². The molecule has 3 heterocycles. The van der Waals surface area contributed by atoms with E-state index >= 15 is 0 Å². The Kier molecular flexibility index (Phi) is 2.89. The van der Waals surface area contributed by atoms with Crippen LogP contribution in [0.3, 0.4) is 0 Å². The number of aromatic nitrogens is 4. The van der Waals surface area contributed by atoms with Gasteiger partial charge in [-0.25, -0.2) is 4.98 Å². The van der Waals surface area contributed by atoms with E-state index < -0.39 is 0 Å². The molecule has 7 nitrogen and oxygen atoms in total. The average molecular weight is 273 g/mol. The highest BCUT2D eigenvalue weighted by atomic mass is 16.5. The van der Waals surface area contributed by atoms with Gasteiger partial charge >= 0.3 is 0 Å². The largest absolute Gasteiger partial charge is 0.361 e. The molecule has 0 saturated heterocycles. The van der Waals surface area contributed by atoms with Crippen molar-refractivity contribution in [3.8, 4) is 0 Å². The van der Waals surface area contributed by atoms with Crippen LogP contribution in [0.15, 0.2) is 15.4 Å². The summed E-state index contributed by atoms with van der Waals surface area (Å²) in [5, 5.41) is 8.74. The van der Waals surface area contributed by atoms with Gasteiger partial charge in [-0.2, -0.15) is 4.98 Å². The molecule has 0 saturated carbocycles. The number of nitrogens with zero attached hydrogens (tertiary/aromatic N) is 5. The number of hydrogen-bond acceptors (Lipinski definition) is 7. The molecule has 7 heteroatoms. The Bertz CT molecular complexity index is 742. The van der Waals surface area contributed by atoms with Crippen molar-refractivity contribution in [3.63, 3.8) is 0 Å². The fraction of sp³-hybridized carbons (Fsp3) is 0.385. The van der Waals surface area contributed by atoms with Gasteiger partial charge in [-0.15, -0.1) is 0 Å². The van der Waals surface area contributed by atoms with Gasteiger partial charge in [0, 0.05) is 19.2 Å². The Labute approximate surface area is 115 Å². The minimum absolute atomic E-state index is 0.498. The standard InChI is InChI=1S/C13H15N5O2/c1-7-10(9(3)19-16-7)5-18(4)12-11-8(2)17-20-13(11)15-6-14-12/h6H,5H2,1-4H3. The van der Waals surface area contributed by atoms with E-state index in [2.05, 4.69) is 20.3 Å². The predicted molar refractivity (Wildman–Crippen MR) is 72.4 cm³/mol. The molecule has 3 aromatic heterocycles. The molecule has 0 fully saturated rings. The Morgan fingerprint density at radius 1 is 1.05 bits per heavy atom. The third kappa shape index (κ3) is 1.91. The van der Waals surface area contributed by atoms with Crippen molar-refractivity contribution in [3.05, 3.63) is 29.0 Å². The maximum Gasteiger partial charge on any atom is 0.263 e. The molecule has 0 aromatic carbocycles. The smallest absolute Gasteiger partial charge is 0.263 e. The summed E-state index contributed by atoms with van der Waals surface area (Å²) in [5.74, 6) is 1.61. The molecule has 0 amide bonds. The van der Waals surface area contributed by atoms with Gasteiger partial charge in [-0.05, 0) is 20.8 Å². The van der Waals surface area contributed by atoms with Crippen LogP contribution >= 0.6 is 0 Å². The quantitative estimate of drug-likeness (QED) is 0.723. The van der Waals surface area contributed by atoms with Crippen LogP contribution in [0.25, 0.3) is 11.1 Å². The molecule has 0 radical (unpaired) electrons. The first-order valence-electron chi connectivity index (χ1n) is 6.27. The van der Waals surface area contributed by atoms with E-state index in [0.717, 1.165) is 33.9 Å². The number of hydrogen-bond donors (Lipinski definition) is 0. The zero-order valence-electron chi connectivity index (χ0n) is 11.8. The molecule has 0 aliphatic carbocycles. The summed E-state index contributed by atoms with van der Waals surface area (Å²) in [7, 11) is 1.96. The Balaban J connectivity index is 2.01. The molecule has 0 bridgehead atoms. The lowest BCUT2D eigenvalue weighted by molar-refractivity contribution is 0.392. The van der Waals surface area contributed by atoms with Gasteiger partial charge in [-0.3, -0.25) is 0 Å². The van der Waals surface area contributed by atoms with Crippen molar-refractivity contribution in [2.75, 3.05) is 11.9 Å². The monoisotopic (exact) mass is 273 g/mol. The van der Waals surface area contributed by atoms with Crippen molar-refractivity contribution in [2.45, 2.75) is 27.3 Å². The molecular formula is C13H15N5O2. The van der Waals surface area contributed by atoms with E-state index in [1.807, 2.05) is 32.7 Å². The third-order valence-corrected chi connectivity index (χ3v) is 3.36. The van der Waals surface area contributed by atoms with E-state index in [4.69, 9.17) is 9.05 Å². The number of anilines is 1. The third-order valence-electron chi connectivity index (χ3n) is 3.36. The van der Waals surface area contributed by atoms with E-state index in [9.17, 15) is 0 Å². The lowest BCUT2D eigenvalue weighted by Crippen LogP contribution is -2.19.